The van der Waals surface area contributed by atoms with Crippen molar-refractivity contribution in [2.75, 3.05) is 49.5 Å². The number of thiazole rings is 1. The molecule has 7 rings (SSSR count). The van der Waals surface area contributed by atoms with Crippen LogP contribution in [0, 0.1) is 13.8 Å². The van der Waals surface area contributed by atoms with E-state index >= 15 is 0 Å². The van der Waals surface area contributed by atoms with Crippen molar-refractivity contribution < 1.29 is 33.9 Å². The summed E-state index contributed by atoms with van der Waals surface area (Å²) in [5.74, 6) is -0.918. The molecule has 0 atom stereocenters. The van der Waals surface area contributed by atoms with Gasteiger partial charge in [-0.2, -0.15) is 0 Å². The third kappa shape index (κ3) is 10.6. The number of ketones is 1. The van der Waals surface area contributed by atoms with E-state index in [1.807, 2.05) is 56.3 Å². The molecule has 0 spiro atoms. The first kappa shape index (κ1) is 42.1. The lowest BCUT2D eigenvalue weighted by atomic mass is 10.0. The molecule has 17 heteroatoms. The summed E-state index contributed by atoms with van der Waals surface area (Å²) in [6.07, 6.45) is 1.81. The third-order valence-corrected chi connectivity index (χ3v) is 11.6. The molecule has 2 aliphatic rings. The zero-order valence-electron chi connectivity index (χ0n) is 33.1. The van der Waals surface area contributed by atoms with Crippen molar-refractivity contribution in [1.82, 2.24) is 29.8 Å². The van der Waals surface area contributed by atoms with E-state index < -0.39 is 23.8 Å². The van der Waals surface area contributed by atoms with E-state index in [1.165, 1.54) is 11.3 Å². The zero-order chi connectivity index (χ0) is 42.3. The molecule has 0 radical (unpaired) electrons. The molecule has 3 aromatic carbocycles. The van der Waals surface area contributed by atoms with Crippen LogP contribution in [-0.2, 0) is 33.9 Å². The smallest absolute Gasteiger partial charge is 0.363 e. The van der Waals surface area contributed by atoms with E-state index in [-0.39, 0.29) is 36.2 Å². The van der Waals surface area contributed by atoms with Crippen LogP contribution in [0.15, 0.2) is 79.0 Å². The van der Waals surface area contributed by atoms with Crippen molar-refractivity contribution in [3.8, 4) is 0 Å². The van der Waals surface area contributed by atoms with Crippen LogP contribution >= 0.6 is 22.9 Å². The minimum absolute atomic E-state index is 0.0180. The predicted molar refractivity (Wildman–Crippen MR) is 226 cm³/mol. The van der Waals surface area contributed by atoms with Gasteiger partial charge < -0.3 is 20.2 Å². The molecule has 15 nitrogen and oxygen atoms in total. The van der Waals surface area contributed by atoms with Crippen molar-refractivity contribution in [3.05, 3.63) is 128 Å². The van der Waals surface area contributed by atoms with Gasteiger partial charge in [-0.25, -0.2) is 24.5 Å². The first-order valence-electron chi connectivity index (χ1n) is 19.4. The number of imide groups is 1. The Labute approximate surface area is 355 Å². The molecule has 60 heavy (non-hydrogen) atoms. The van der Waals surface area contributed by atoms with E-state index in [4.69, 9.17) is 21.4 Å². The number of benzene rings is 3. The molecule has 2 aliphatic heterocycles. The van der Waals surface area contributed by atoms with E-state index in [2.05, 4.69) is 30.0 Å². The van der Waals surface area contributed by atoms with Crippen LogP contribution in [0.4, 0.5) is 16.8 Å². The fourth-order valence-electron chi connectivity index (χ4n) is 6.99. The van der Waals surface area contributed by atoms with Gasteiger partial charge >= 0.3 is 11.9 Å². The van der Waals surface area contributed by atoms with Gasteiger partial charge in [0, 0.05) is 82.7 Å². The highest BCUT2D eigenvalue weighted by atomic mass is 35.5. The minimum atomic E-state index is -0.985. The average Bonchev–Trinajstić information content (AvgIpc) is 3.83. The Morgan fingerprint density at radius 1 is 0.883 bits per heavy atom. The largest absolute Gasteiger partial charge is 0.478 e. The highest BCUT2D eigenvalue weighted by Crippen LogP contribution is 2.27. The number of carbonyl (C=O) groups is 5. The maximum absolute atomic E-state index is 13.1. The van der Waals surface area contributed by atoms with Gasteiger partial charge in [-0.3, -0.25) is 24.2 Å². The lowest BCUT2D eigenvalue weighted by Gasteiger charge is -2.36. The van der Waals surface area contributed by atoms with Crippen molar-refractivity contribution >= 4 is 69.2 Å². The molecule has 2 saturated heterocycles. The number of carboxylic acid groups (broad SMARTS) is 1. The molecular weight excluding hydrogens is 808 g/mol. The van der Waals surface area contributed by atoms with Crippen LogP contribution in [-0.4, -0.2) is 104 Å². The van der Waals surface area contributed by atoms with E-state index in [0.29, 0.717) is 51.4 Å². The lowest BCUT2D eigenvalue weighted by molar-refractivity contribution is -0.172. The van der Waals surface area contributed by atoms with Gasteiger partial charge in [0.05, 0.1) is 22.2 Å². The molecule has 0 saturated carbocycles. The number of rotatable bonds is 16. The normalized spacial score (nSPS) is 14.5. The first-order valence-corrected chi connectivity index (χ1v) is 20.6. The van der Waals surface area contributed by atoms with E-state index in [9.17, 15) is 29.1 Å². The maximum atomic E-state index is 13.1. The number of Topliss-reactive ketones (excluding diaryl/α,β-unsaturated/α-hetero) is 1. The summed E-state index contributed by atoms with van der Waals surface area (Å²) in [6.45, 7) is 9.47. The lowest BCUT2D eigenvalue weighted by Crippen LogP contribution is -2.48. The SMILES string of the molecule is Cc1nc(Nc2ncc(C(=O)Cc3c(C)cccc3Cl)s2)cc(N2CCN(CCN(Cc3ccc(C(=O)O)cc3)Cc3ccc(C(=O)ON4C(=O)CCC4=O)cc3)CC2)n1. The standard InChI is InChI=1S/C43H43ClN8O7S/c1-27-4-3-5-34(44)33(27)22-35(53)36-24-45-43(60-36)48-37-23-38(47-28(2)46-37)51-20-18-49(19-21-51)16-17-50(25-29-6-10-31(11-7-29)41(56)57)26-30-8-12-32(13-9-30)42(58)59-52-39(54)14-15-40(52)55/h3-13,23-24H,14-22,25-26H2,1-2H3,(H,56,57)(H,45,46,47,48). The molecule has 5 aromatic rings. The summed E-state index contributed by atoms with van der Waals surface area (Å²) >= 11 is 7.63. The summed E-state index contributed by atoms with van der Waals surface area (Å²) in [5, 5.41) is 14.3. The number of hydrogen-bond donors (Lipinski definition) is 2. The second-order valence-electron chi connectivity index (χ2n) is 14.6. The topological polar surface area (TPSA) is 178 Å². The Morgan fingerprint density at radius 3 is 2.17 bits per heavy atom. The van der Waals surface area contributed by atoms with Gasteiger partial charge in [0.25, 0.3) is 11.8 Å². The van der Waals surface area contributed by atoms with Gasteiger partial charge in [-0.15, -0.1) is 5.06 Å². The van der Waals surface area contributed by atoms with Crippen molar-refractivity contribution in [3.63, 3.8) is 0 Å². The second kappa shape index (κ2) is 18.9. The monoisotopic (exact) mass is 850 g/mol. The Balaban J connectivity index is 0.948. The van der Waals surface area contributed by atoms with E-state index in [0.717, 1.165) is 60.8 Å². The number of aromatic carboxylic acids is 1. The first-order chi connectivity index (χ1) is 28.9. The summed E-state index contributed by atoms with van der Waals surface area (Å²) < 4.78 is 0. The summed E-state index contributed by atoms with van der Waals surface area (Å²) in [5.41, 5.74) is 4.10. The molecule has 4 heterocycles. The summed E-state index contributed by atoms with van der Waals surface area (Å²) in [6, 6.07) is 21.2. The van der Waals surface area contributed by atoms with Crippen LogP contribution in [0.25, 0.3) is 0 Å². The molecule has 2 amide bonds. The molecule has 2 N–H and O–H groups in total. The molecule has 0 aliphatic carbocycles. The summed E-state index contributed by atoms with van der Waals surface area (Å²) in [7, 11) is 0. The van der Waals surface area contributed by atoms with Gasteiger partial charge in [0.2, 0.25) is 0 Å². The van der Waals surface area contributed by atoms with Crippen LogP contribution in [0.5, 0.6) is 0 Å². The third-order valence-electron chi connectivity index (χ3n) is 10.3. The van der Waals surface area contributed by atoms with Crippen LogP contribution in [0.1, 0.15) is 71.3 Å². The number of aryl methyl sites for hydroxylation is 2. The average molecular weight is 851 g/mol. The van der Waals surface area contributed by atoms with Gasteiger partial charge in [-0.1, -0.05) is 59.3 Å². The molecule has 2 aromatic heterocycles. The van der Waals surface area contributed by atoms with Crippen LogP contribution in [0.2, 0.25) is 5.02 Å². The maximum Gasteiger partial charge on any atom is 0.363 e. The number of hydroxylamine groups is 2. The zero-order valence-corrected chi connectivity index (χ0v) is 34.7. The van der Waals surface area contributed by atoms with Crippen molar-refractivity contribution in [2.24, 2.45) is 0 Å². The number of carbonyl (C=O) groups excluding carboxylic acids is 4. The molecule has 0 bridgehead atoms. The number of piperazine rings is 1. The Morgan fingerprint density at radius 2 is 1.53 bits per heavy atom. The van der Waals surface area contributed by atoms with Gasteiger partial charge in [-0.05, 0) is 66.4 Å². The fourth-order valence-corrected chi connectivity index (χ4v) is 8.04. The number of anilines is 3. The number of nitrogens with zero attached hydrogens (tertiary/aromatic N) is 7. The number of hydrogen-bond acceptors (Lipinski definition) is 14. The minimum Gasteiger partial charge on any atom is -0.478 e. The van der Waals surface area contributed by atoms with Gasteiger partial charge in [0.1, 0.15) is 17.5 Å². The summed E-state index contributed by atoms with van der Waals surface area (Å²) in [4.78, 5) is 87.2. The highest BCUT2D eigenvalue weighted by molar-refractivity contribution is 7.17. The number of nitrogens with one attached hydrogen (secondary N) is 1. The predicted octanol–water partition coefficient (Wildman–Crippen LogP) is 6.12. The Bertz CT molecular complexity index is 2370. The quantitative estimate of drug-likeness (QED) is 0.0858. The molecule has 2 fully saturated rings. The van der Waals surface area contributed by atoms with E-state index in [1.54, 1.807) is 36.5 Å². The van der Waals surface area contributed by atoms with Crippen molar-refractivity contribution in [1.29, 1.82) is 0 Å². The molecule has 310 valence electrons. The number of aromatic nitrogens is 3. The number of carboxylic acids is 1. The molecule has 0 unspecified atom stereocenters. The molecular formula is C43H43ClN8O7S. The second-order valence-corrected chi connectivity index (χ2v) is 16.1. The van der Waals surface area contributed by atoms with Crippen molar-refractivity contribution in [2.45, 2.75) is 46.2 Å². The number of amides is 2. The Hall–Kier alpha value is -6.07. The van der Waals surface area contributed by atoms with Crippen LogP contribution < -0.4 is 10.2 Å². The van der Waals surface area contributed by atoms with Crippen LogP contribution in [0.3, 0.4) is 0 Å². The Kier molecular flexibility index (Phi) is 13.2. The highest BCUT2D eigenvalue weighted by Gasteiger charge is 2.33. The van der Waals surface area contributed by atoms with Gasteiger partial charge in [0.15, 0.2) is 10.9 Å². The number of halogens is 1. The fraction of sp³-hybridized carbons (Fsp3) is 0.302.